The van der Waals surface area contributed by atoms with Crippen LogP contribution in [0.3, 0.4) is 0 Å². The fraction of sp³-hybridized carbons (Fsp3) is 0.471. The summed E-state index contributed by atoms with van der Waals surface area (Å²) in [6.07, 6.45) is 2.65. The molecule has 0 radical (unpaired) electrons. The Labute approximate surface area is 135 Å². The maximum absolute atomic E-state index is 13.9. The Kier molecular flexibility index (Phi) is 5.25. The first-order valence-corrected chi connectivity index (χ1v) is 7.97. The second-order valence-corrected chi connectivity index (χ2v) is 5.93. The van der Waals surface area contributed by atoms with Crippen molar-refractivity contribution in [2.45, 2.75) is 0 Å². The van der Waals surface area contributed by atoms with Gasteiger partial charge in [-0.05, 0) is 29.8 Å². The monoisotopic (exact) mass is 319 g/mol. The fourth-order valence-electron chi connectivity index (χ4n) is 2.81. The summed E-state index contributed by atoms with van der Waals surface area (Å²) in [6, 6.07) is 5.07. The summed E-state index contributed by atoms with van der Waals surface area (Å²) >= 11 is 0. The van der Waals surface area contributed by atoms with E-state index in [2.05, 4.69) is 10.2 Å². The molecule has 0 aromatic heterocycles. The van der Waals surface area contributed by atoms with Crippen LogP contribution in [0.15, 0.2) is 23.8 Å². The molecule has 2 aliphatic heterocycles. The van der Waals surface area contributed by atoms with E-state index in [-0.39, 0.29) is 5.82 Å². The van der Waals surface area contributed by atoms with Gasteiger partial charge < -0.3 is 15.0 Å². The number of rotatable bonds is 6. The Morgan fingerprint density at radius 1 is 1.26 bits per heavy atom. The van der Waals surface area contributed by atoms with E-state index in [9.17, 15) is 9.18 Å². The third-order valence-electron chi connectivity index (χ3n) is 4.18. The zero-order valence-electron chi connectivity index (χ0n) is 13.1. The topological polar surface area (TPSA) is 44.8 Å². The predicted molar refractivity (Wildman–Crippen MR) is 87.8 cm³/mol. The molecule has 2 heterocycles. The molecule has 0 spiro atoms. The standard InChI is InChI=1S/C17H22FN3O2/c18-17-2-1-16(19-3-4-20-5-7-23-8-6-20)10-15(17)9-14-11-21(12-14)13-22/h1-2,9-10,13,19H,3-8,11-12H2. The third-order valence-corrected chi connectivity index (χ3v) is 4.18. The van der Waals surface area contributed by atoms with Gasteiger partial charge in [0, 0.05) is 50.5 Å². The zero-order chi connectivity index (χ0) is 16.1. The minimum absolute atomic E-state index is 0.235. The number of halogens is 1. The highest BCUT2D eigenvalue weighted by Gasteiger charge is 2.18. The largest absolute Gasteiger partial charge is 0.384 e. The van der Waals surface area contributed by atoms with Crippen molar-refractivity contribution in [2.24, 2.45) is 0 Å². The van der Waals surface area contributed by atoms with Crippen molar-refractivity contribution >= 4 is 18.2 Å². The molecule has 0 atom stereocenters. The second kappa shape index (κ2) is 7.57. The molecule has 0 unspecified atom stereocenters. The van der Waals surface area contributed by atoms with E-state index in [4.69, 9.17) is 4.74 Å². The summed E-state index contributed by atoms with van der Waals surface area (Å²) in [5.74, 6) is -0.235. The minimum atomic E-state index is -0.235. The molecule has 1 aromatic rings. The number of anilines is 1. The number of benzene rings is 1. The second-order valence-electron chi connectivity index (χ2n) is 5.93. The summed E-state index contributed by atoms with van der Waals surface area (Å²) in [5, 5.41) is 3.34. The van der Waals surface area contributed by atoms with Crippen LogP contribution in [0.2, 0.25) is 0 Å². The number of morpholine rings is 1. The summed E-state index contributed by atoms with van der Waals surface area (Å²) < 4.78 is 19.2. The molecule has 0 bridgehead atoms. The Morgan fingerprint density at radius 3 is 2.78 bits per heavy atom. The van der Waals surface area contributed by atoms with Crippen molar-refractivity contribution in [1.29, 1.82) is 0 Å². The third kappa shape index (κ3) is 4.30. The highest BCUT2D eigenvalue weighted by atomic mass is 19.1. The van der Waals surface area contributed by atoms with Crippen LogP contribution in [0.25, 0.3) is 6.08 Å². The lowest BCUT2D eigenvalue weighted by Gasteiger charge is -2.30. The van der Waals surface area contributed by atoms with E-state index in [1.807, 2.05) is 12.1 Å². The molecule has 6 heteroatoms. The van der Waals surface area contributed by atoms with Crippen LogP contribution < -0.4 is 5.32 Å². The lowest BCUT2D eigenvalue weighted by Crippen LogP contribution is -2.39. The molecule has 124 valence electrons. The summed E-state index contributed by atoms with van der Waals surface area (Å²) in [6.45, 7) is 6.49. The van der Waals surface area contributed by atoms with Crippen LogP contribution in [0.1, 0.15) is 5.56 Å². The molecule has 1 aromatic carbocycles. The van der Waals surface area contributed by atoms with Crippen LogP contribution in [-0.4, -0.2) is 68.7 Å². The summed E-state index contributed by atoms with van der Waals surface area (Å²) in [7, 11) is 0. The van der Waals surface area contributed by atoms with E-state index >= 15 is 0 Å². The number of carbonyl (C=O) groups excluding carboxylic acids is 1. The van der Waals surface area contributed by atoms with Crippen LogP contribution >= 0.6 is 0 Å². The molecule has 1 amide bonds. The normalized spacial score (nSPS) is 18.5. The first-order chi connectivity index (χ1) is 11.2. The number of carbonyl (C=O) groups is 1. The highest BCUT2D eigenvalue weighted by molar-refractivity contribution is 5.64. The van der Waals surface area contributed by atoms with Gasteiger partial charge in [-0.3, -0.25) is 9.69 Å². The molecule has 2 fully saturated rings. The number of ether oxygens (including phenoxy) is 1. The maximum atomic E-state index is 13.9. The molecule has 2 saturated heterocycles. The van der Waals surface area contributed by atoms with E-state index in [0.29, 0.717) is 18.7 Å². The molecule has 2 aliphatic rings. The Morgan fingerprint density at radius 2 is 2.04 bits per heavy atom. The Hall–Kier alpha value is -1.92. The number of hydrogen-bond acceptors (Lipinski definition) is 4. The number of amides is 1. The molecule has 5 nitrogen and oxygen atoms in total. The van der Waals surface area contributed by atoms with Crippen LogP contribution in [0.4, 0.5) is 10.1 Å². The SMILES string of the molecule is O=CN1CC(=Cc2cc(NCCN3CCOCC3)ccc2F)C1. The first kappa shape index (κ1) is 16.0. The number of nitrogens with zero attached hydrogens (tertiary/aromatic N) is 2. The van der Waals surface area contributed by atoms with Crippen molar-refractivity contribution in [2.75, 3.05) is 57.8 Å². The average Bonchev–Trinajstić information content (AvgIpc) is 2.54. The van der Waals surface area contributed by atoms with E-state index in [0.717, 1.165) is 57.1 Å². The lowest BCUT2D eigenvalue weighted by molar-refractivity contribution is -0.119. The predicted octanol–water partition coefficient (Wildman–Crippen LogP) is 1.43. The number of nitrogens with one attached hydrogen (secondary N) is 1. The van der Waals surface area contributed by atoms with Crippen LogP contribution in [0.5, 0.6) is 0 Å². The Balaban J connectivity index is 1.54. The zero-order valence-corrected chi connectivity index (χ0v) is 13.1. The molecule has 0 saturated carbocycles. The van der Waals surface area contributed by atoms with Crippen molar-refractivity contribution < 1.29 is 13.9 Å². The fourth-order valence-corrected chi connectivity index (χ4v) is 2.81. The van der Waals surface area contributed by atoms with Crippen molar-refractivity contribution in [3.05, 3.63) is 35.2 Å². The van der Waals surface area contributed by atoms with Gasteiger partial charge >= 0.3 is 0 Å². The number of hydrogen-bond donors (Lipinski definition) is 1. The molecular formula is C17H22FN3O2. The number of likely N-dealkylation sites (tertiary alicyclic amines) is 1. The van der Waals surface area contributed by atoms with Gasteiger partial charge in [-0.15, -0.1) is 0 Å². The van der Waals surface area contributed by atoms with Gasteiger partial charge in [0.05, 0.1) is 13.2 Å². The van der Waals surface area contributed by atoms with Gasteiger partial charge in [-0.25, -0.2) is 4.39 Å². The molecule has 0 aliphatic carbocycles. The Bertz CT molecular complexity index is 577. The van der Waals surface area contributed by atoms with E-state index in [1.165, 1.54) is 6.07 Å². The highest BCUT2D eigenvalue weighted by Crippen LogP contribution is 2.21. The van der Waals surface area contributed by atoms with Gasteiger partial charge in [0.15, 0.2) is 0 Å². The minimum Gasteiger partial charge on any atom is -0.384 e. The molecule has 3 rings (SSSR count). The van der Waals surface area contributed by atoms with Crippen molar-refractivity contribution in [3.8, 4) is 0 Å². The van der Waals surface area contributed by atoms with E-state index < -0.39 is 0 Å². The lowest BCUT2D eigenvalue weighted by atomic mass is 10.0. The van der Waals surface area contributed by atoms with Crippen LogP contribution in [-0.2, 0) is 9.53 Å². The van der Waals surface area contributed by atoms with Gasteiger partial charge in [0.1, 0.15) is 5.82 Å². The van der Waals surface area contributed by atoms with E-state index in [1.54, 1.807) is 11.0 Å². The summed E-state index contributed by atoms with van der Waals surface area (Å²) in [4.78, 5) is 14.6. The molecule has 23 heavy (non-hydrogen) atoms. The van der Waals surface area contributed by atoms with Crippen molar-refractivity contribution in [3.63, 3.8) is 0 Å². The van der Waals surface area contributed by atoms with Gasteiger partial charge in [0.2, 0.25) is 6.41 Å². The molecular weight excluding hydrogens is 297 g/mol. The van der Waals surface area contributed by atoms with Gasteiger partial charge in [-0.2, -0.15) is 0 Å². The van der Waals surface area contributed by atoms with Gasteiger partial charge in [0.25, 0.3) is 0 Å². The molecule has 1 N–H and O–H groups in total. The van der Waals surface area contributed by atoms with Crippen LogP contribution in [0, 0.1) is 5.82 Å². The van der Waals surface area contributed by atoms with Gasteiger partial charge in [-0.1, -0.05) is 0 Å². The maximum Gasteiger partial charge on any atom is 0.210 e. The average molecular weight is 319 g/mol. The first-order valence-electron chi connectivity index (χ1n) is 7.97. The smallest absolute Gasteiger partial charge is 0.210 e. The van der Waals surface area contributed by atoms with Crippen molar-refractivity contribution in [1.82, 2.24) is 9.80 Å². The quantitative estimate of drug-likeness (QED) is 0.806. The summed E-state index contributed by atoms with van der Waals surface area (Å²) in [5.41, 5.74) is 2.56.